The molecule has 0 aromatic carbocycles. The summed E-state index contributed by atoms with van der Waals surface area (Å²) in [5.41, 5.74) is 5.61. The van der Waals surface area contributed by atoms with E-state index < -0.39 is 0 Å². The van der Waals surface area contributed by atoms with Crippen molar-refractivity contribution in [3.63, 3.8) is 0 Å². The maximum Gasteiger partial charge on any atom is 0.143 e. The van der Waals surface area contributed by atoms with Gasteiger partial charge in [0.15, 0.2) is 0 Å². The van der Waals surface area contributed by atoms with Crippen molar-refractivity contribution in [1.82, 2.24) is 0 Å². The first-order chi connectivity index (χ1) is 11.1. The SMILES string of the molecule is CC1=C(/C=C/C(=C/C=C/C(C)=C/C=O)C(C)(C)C)C(C)(C)CCC1. The van der Waals surface area contributed by atoms with E-state index in [9.17, 15) is 4.79 Å². The molecule has 1 aliphatic carbocycles. The summed E-state index contributed by atoms with van der Waals surface area (Å²) in [6, 6.07) is 0. The summed E-state index contributed by atoms with van der Waals surface area (Å²) in [5, 5.41) is 0. The van der Waals surface area contributed by atoms with Gasteiger partial charge in [-0.25, -0.2) is 0 Å². The highest BCUT2D eigenvalue weighted by Gasteiger charge is 2.26. The van der Waals surface area contributed by atoms with Crippen LogP contribution in [0.25, 0.3) is 0 Å². The highest BCUT2D eigenvalue weighted by Crippen LogP contribution is 2.41. The summed E-state index contributed by atoms with van der Waals surface area (Å²) in [4.78, 5) is 10.5. The lowest BCUT2D eigenvalue weighted by Crippen LogP contribution is -2.19. The molecule has 0 N–H and O–H groups in total. The Hall–Kier alpha value is -1.63. The largest absolute Gasteiger partial charge is 0.299 e. The van der Waals surface area contributed by atoms with Crippen LogP contribution in [0.3, 0.4) is 0 Å². The minimum atomic E-state index is 0.0798. The molecule has 1 rings (SSSR count). The second kappa shape index (κ2) is 8.46. The molecule has 1 heteroatoms. The van der Waals surface area contributed by atoms with Gasteiger partial charge in [-0.05, 0) is 66.7 Å². The normalized spacial score (nSPS) is 20.3. The van der Waals surface area contributed by atoms with Crippen LogP contribution in [0.4, 0.5) is 0 Å². The van der Waals surface area contributed by atoms with Gasteiger partial charge in [0.05, 0.1) is 0 Å². The maximum atomic E-state index is 10.5. The van der Waals surface area contributed by atoms with E-state index >= 15 is 0 Å². The molecule has 0 radical (unpaired) electrons. The van der Waals surface area contributed by atoms with Crippen LogP contribution in [-0.4, -0.2) is 6.29 Å². The molecule has 0 saturated heterocycles. The van der Waals surface area contributed by atoms with Gasteiger partial charge in [0.2, 0.25) is 0 Å². The quantitative estimate of drug-likeness (QED) is 0.310. The van der Waals surface area contributed by atoms with Crippen LogP contribution >= 0.6 is 0 Å². The molecule has 0 heterocycles. The maximum absolute atomic E-state index is 10.5. The zero-order valence-corrected chi connectivity index (χ0v) is 16.6. The van der Waals surface area contributed by atoms with Gasteiger partial charge in [-0.2, -0.15) is 0 Å². The van der Waals surface area contributed by atoms with E-state index in [2.05, 4.69) is 59.8 Å². The number of carbonyl (C=O) groups excluding carboxylic acids is 1. The molecular weight excluding hydrogens is 292 g/mol. The molecule has 1 aliphatic rings. The van der Waals surface area contributed by atoms with E-state index in [1.807, 2.05) is 19.1 Å². The van der Waals surface area contributed by atoms with Crippen molar-refractivity contribution in [1.29, 1.82) is 0 Å². The summed E-state index contributed by atoms with van der Waals surface area (Å²) >= 11 is 0. The summed E-state index contributed by atoms with van der Waals surface area (Å²) in [7, 11) is 0. The Balaban J connectivity index is 3.11. The van der Waals surface area contributed by atoms with E-state index in [4.69, 9.17) is 0 Å². The minimum Gasteiger partial charge on any atom is -0.299 e. The van der Waals surface area contributed by atoms with Gasteiger partial charge in [-0.15, -0.1) is 0 Å². The lowest BCUT2D eigenvalue weighted by Gasteiger charge is -2.33. The number of rotatable bonds is 5. The first-order valence-corrected chi connectivity index (χ1v) is 8.97. The third-order valence-corrected chi connectivity index (χ3v) is 4.80. The summed E-state index contributed by atoms with van der Waals surface area (Å²) in [5.74, 6) is 0. The number of hydrogen-bond acceptors (Lipinski definition) is 1. The van der Waals surface area contributed by atoms with Gasteiger partial charge in [0.25, 0.3) is 0 Å². The Morgan fingerprint density at radius 3 is 2.33 bits per heavy atom. The fourth-order valence-corrected chi connectivity index (χ4v) is 3.21. The molecule has 0 saturated carbocycles. The number of allylic oxidation sites excluding steroid dienone is 10. The third kappa shape index (κ3) is 6.11. The van der Waals surface area contributed by atoms with Crippen LogP contribution in [0.2, 0.25) is 0 Å². The van der Waals surface area contributed by atoms with Gasteiger partial charge >= 0.3 is 0 Å². The molecule has 0 fully saturated rings. The summed E-state index contributed by atoms with van der Waals surface area (Å²) in [6.07, 6.45) is 16.9. The molecule has 0 aromatic heterocycles. The third-order valence-electron chi connectivity index (χ3n) is 4.80. The Kier molecular flexibility index (Phi) is 7.20. The first kappa shape index (κ1) is 20.4. The molecule has 0 atom stereocenters. The average Bonchev–Trinajstić information content (AvgIpc) is 2.43. The fourth-order valence-electron chi connectivity index (χ4n) is 3.21. The zero-order chi connectivity index (χ0) is 18.4. The van der Waals surface area contributed by atoms with Gasteiger partial charge in [0.1, 0.15) is 6.29 Å². The predicted molar refractivity (Wildman–Crippen MR) is 106 cm³/mol. The van der Waals surface area contributed by atoms with E-state index in [1.54, 1.807) is 6.08 Å². The fraction of sp³-hybridized carbons (Fsp3) is 0.522. The van der Waals surface area contributed by atoms with Gasteiger partial charge in [-0.1, -0.05) is 70.6 Å². The number of aldehydes is 1. The molecule has 132 valence electrons. The van der Waals surface area contributed by atoms with Gasteiger partial charge in [0, 0.05) is 0 Å². The van der Waals surface area contributed by atoms with Crippen LogP contribution in [-0.2, 0) is 4.79 Å². The second-order valence-corrected chi connectivity index (χ2v) is 8.54. The van der Waals surface area contributed by atoms with Crippen LogP contribution in [0.5, 0.6) is 0 Å². The second-order valence-electron chi connectivity index (χ2n) is 8.54. The van der Waals surface area contributed by atoms with Crippen molar-refractivity contribution in [2.24, 2.45) is 10.8 Å². The van der Waals surface area contributed by atoms with Crippen molar-refractivity contribution in [2.45, 2.75) is 67.7 Å². The highest BCUT2D eigenvalue weighted by atomic mass is 16.1. The smallest absolute Gasteiger partial charge is 0.143 e. The van der Waals surface area contributed by atoms with E-state index in [-0.39, 0.29) is 10.8 Å². The lowest BCUT2D eigenvalue weighted by molar-refractivity contribution is -0.104. The zero-order valence-electron chi connectivity index (χ0n) is 16.6. The molecule has 0 aliphatic heterocycles. The molecule has 0 spiro atoms. The van der Waals surface area contributed by atoms with E-state index in [0.29, 0.717) is 0 Å². The molecule has 1 nitrogen and oxygen atoms in total. The van der Waals surface area contributed by atoms with Crippen molar-refractivity contribution >= 4 is 6.29 Å². The van der Waals surface area contributed by atoms with Crippen LogP contribution < -0.4 is 0 Å². The summed E-state index contributed by atoms with van der Waals surface area (Å²) < 4.78 is 0. The Morgan fingerprint density at radius 1 is 1.12 bits per heavy atom. The Morgan fingerprint density at radius 2 is 1.79 bits per heavy atom. The van der Waals surface area contributed by atoms with Crippen LogP contribution in [0, 0.1) is 10.8 Å². The molecule has 0 amide bonds. The molecule has 0 bridgehead atoms. The molecule has 24 heavy (non-hydrogen) atoms. The minimum absolute atomic E-state index is 0.0798. The van der Waals surface area contributed by atoms with Gasteiger partial charge < -0.3 is 0 Å². The molecular formula is C23H34O. The lowest BCUT2D eigenvalue weighted by atomic mass is 9.72. The van der Waals surface area contributed by atoms with Gasteiger partial charge in [-0.3, -0.25) is 4.79 Å². The first-order valence-electron chi connectivity index (χ1n) is 8.97. The topological polar surface area (TPSA) is 17.1 Å². The van der Waals surface area contributed by atoms with E-state index in [1.165, 1.54) is 36.0 Å². The predicted octanol–water partition coefficient (Wildman–Crippen LogP) is 6.74. The number of carbonyl (C=O) groups is 1. The van der Waals surface area contributed by atoms with Crippen molar-refractivity contribution in [3.8, 4) is 0 Å². The van der Waals surface area contributed by atoms with Crippen molar-refractivity contribution in [2.75, 3.05) is 0 Å². The van der Waals surface area contributed by atoms with Crippen molar-refractivity contribution in [3.05, 3.63) is 58.7 Å². The molecule has 0 aromatic rings. The molecule has 0 unspecified atom stereocenters. The number of hydrogen-bond donors (Lipinski definition) is 0. The van der Waals surface area contributed by atoms with E-state index in [0.717, 1.165) is 11.9 Å². The Labute approximate surface area is 148 Å². The summed E-state index contributed by atoms with van der Waals surface area (Å²) in [6.45, 7) is 15.6. The average molecular weight is 327 g/mol. The Bertz CT molecular complexity index is 598. The van der Waals surface area contributed by atoms with Crippen LogP contribution in [0.1, 0.15) is 67.7 Å². The monoisotopic (exact) mass is 326 g/mol. The van der Waals surface area contributed by atoms with Crippen LogP contribution in [0.15, 0.2) is 58.7 Å². The standard InChI is InChI=1S/C23H34O/c1-18(15-17-24)10-8-12-20(22(3,4)5)13-14-21-19(2)11-9-16-23(21,6)7/h8,10,12-15,17H,9,11,16H2,1-7H3/b10-8+,14-13+,18-15+,20-12-. The van der Waals surface area contributed by atoms with Crippen molar-refractivity contribution < 1.29 is 4.79 Å². The highest BCUT2D eigenvalue weighted by molar-refractivity contribution is 5.67.